The minimum atomic E-state index is -1.11. The van der Waals surface area contributed by atoms with Crippen LogP contribution in [0.2, 0.25) is 5.15 Å². The Kier molecular flexibility index (Phi) is 4.63. The van der Waals surface area contributed by atoms with E-state index in [0.717, 1.165) is 4.90 Å². The van der Waals surface area contributed by atoms with Gasteiger partial charge in [-0.05, 0) is 18.2 Å². The summed E-state index contributed by atoms with van der Waals surface area (Å²) >= 11 is 6.07. The van der Waals surface area contributed by atoms with E-state index < -0.39 is 6.09 Å². The third-order valence-electron chi connectivity index (χ3n) is 4.44. The van der Waals surface area contributed by atoms with Gasteiger partial charge in [0.15, 0.2) is 0 Å². The molecular weight excluding hydrogens is 400 g/mol. The molecule has 11 heteroatoms. The zero-order valence-corrected chi connectivity index (χ0v) is 16.2. The molecule has 0 saturated carbocycles. The van der Waals surface area contributed by atoms with Crippen LogP contribution >= 0.6 is 11.6 Å². The molecule has 29 heavy (non-hydrogen) atoms. The van der Waals surface area contributed by atoms with Crippen molar-refractivity contribution in [3.8, 4) is 11.6 Å². The molecule has 0 atom stereocenters. The second-order valence-corrected chi connectivity index (χ2v) is 6.84. The monoisotopic (exact) mass is 414 g/mol. The highest BCUT2D eigenvalue weighted by Gasteiger charge is 2.33. The van der Waals surface area contributed by atoms with Crippen molar-refractivity contribution in [3.05, 3.63) is 52.1 Å². The van der Waals surface area contributed by atoms with Gasteiger partial charge in [-0.25, -0.2) is 14.8 Å². The van der Waals surface area contributed by atoms with Gasteiger partial charge in [0, 0.05) is 25.1 Å². The van der Waals surface area contributed by atoms with E-state index in [4.69, 9.17) is 21.1 Å². The van der Waals surface area contributed by atoms with Crippen LogP contribution in [0.1, 0.15) is 27.5 Å². The molecule has 0 fully saturated rings. The Hall–Kier alpha value is -3.53. The quantitative estimate of drug-likeness (QED) is 0.646. The molecule has 0 bridgehead atoms. The van der Waals surface area contributed by atoms with Crippen molar-refractivity contribution in [2.24, 2.45) is 0 Å². The summed E-state index contributed by atoms with van der Waals surface area (Å²) in [5.74, 6) is 0.759. The Bertz CT molecular complexity index is 1130. The van der Waals surface area contributed by atoms with Gasteiger partial charge in [0.1, 0.15) is 16.7 Å². The molecule has 0 radical (unpaired) electrons. The van der Waals surface area contributed by atoms with Crippen LogP contribution in [0.4, 0.5) is 10.6 Å². The highest BCUT2D eigenvalue weighted by Crippen LogP contribution is 2.32. The lowest BCUT2D eigenvalue weighted by atomic mass is 10.1. The van der Waals surface area contributed by atoms with E-state index in [1.807, 2.05) is 0 Å². The van der Waals surface area contributed by atoms with Gasteiger partial charge < -0.3 is 14.4 Å². The molecule has 1 N–H and O–H groups in total. The van der Waals surface area contributed by atoms with Crippen LogP contribution < -0.4 is 4.90 Å². The van der Waals surface area contributed by atoms with Gasteiger partial charge in [0.05, 0.1) is 18.8 Å². The number of aryl methyl sites for hydroxylation is 1. The first-order chi connectivity index (χ1) is 13.8. The van der Waals surface area contributed by atoms with E-state index >= 15 is 0 Å². The predicted molar refractivity (Wildman–Crippen MR) is 102 cm³/mol. The highest BCUT2D eigenvalue weighted by atomic mass is 35.5. The smallest absolute Gasteiger partial charge is 0.407 e. The van der Waals surface area contributed by atoms with Crippen molar-refractivity contribution in [2.45, 2.75) is 20.0 Å². The van der Waals surface area contributed by atoms with E-state index in [-0.39, 0.29) is 30.0 Å². The number of pyridine rings is 2. The van der Waals surface area contributed by atoms with Crippen molar-refractivity contribution < 1.29 is 19.1 Å². The van der Waals surface area contributed by atoms with Gasteiger partial charge in [-0.3, -0.25) is 9.69 Å². The molecule has 0 saturated heterocycles. The first kappa shape index (κ1) is 18.8. The highest BCUT2D eigenvalue weighted by molar-refractivity contribution is 6.30. The summed E-state index contributed by atoms with van der Waals surface area (Å²) in [6.45, 7) is 1.88. The molecule has 4 rings (SSSR count). The van der Waals surface area contributed by atoms with E-state index in [1.54, 1.807) is 25.1 Å². The molecule has 0 spiro atoms. The number of hydrogen-bond donors (Lipinski definition) is 1. The fourth-order valence-electron chi connectivity index (χ4n) is 3.03. The summed E-state index contributed by atoms with van der Waals surface area (Å²) in [4.78, 5) is 35.4. The molecule has 10 nitrogen and oxygen atoms in total. The Morgan fingerprint density at radius 2 is 2.14 bits per heavy atom. The first-order valence-corrected chi connectivity index (χ1v) is 8.93. The lowest BCUT2D eigenvalue weighted by Gasteiger charge is -2.16. The van der Waals surface area contributed by atoms with Gasteiger partial charge >= 0.3 is 6.09 Å². The second kappa shape index (κ2) is 7.13. The zero-order chi connectivity index (χ0) is 20.7. The maximum atomic E-state index is 13.0. The summed E-state index contributed by atoms with van der Waals surface area (Å²) < 4.78 is 5.40. The predicted octanol–water partition coefficient (Wildman–Crippen LogP) is 2.76. The number of rotatable bonds is 4. The number of carbonyl (C=O) groups is 2. The average molecular weight is 415 g/mol. The summed E-state index contributed by atoms with van der Waals surface area (Å²) in [5, 5.41) is 17.0. The average Bonchev–Trinajstić information content (AvgIpc) is 3.26. The van der Waals surface area contributed by atoms with Crippen molar-refractivity contribution in [1.29, 1.82) is 0 Å². The van der Waals surface area contributed by atoms with Gasteiger partial charge in [-0.15, -0.1) is 10.2 Å². The van der Waals surface area contributed by atoms with E-state index in [2.05, 4.69) is 20.2 Å². The van der Waals surface area contributed by atoms with E-state index in [9.17, 15) is 9.59 Å². The molecule has 0 unspecified atom stereocenters. The minimum absolute atomic E-state index is 0.00801. The Morgan fingerprint density at radius 1 is 1.34 bits per heavy atom. The van der Waals surface area contributed by atoms with Crippen LogP contribution in [0.5, 0.6) is 0 Å². The number of nitrogens with zero attached hydrogens (tertiary/aromatic N) is 6. The normalized spacial score (nSPS) is 12.9. The second-order valence-electron chi connectivity index (χ2n) is 6.45. The Labute approximate surface area is 169 Å². The number of carbonyl (C=O) groups excluding carboxylic acids is 1. The SMILES string of the molecule is Cc1nnc(-c2cccc(N3Cc4c(cc(Cl)nc4CN(C)C(=O)O)C3=O)n2)o1. The fraction of sp³-hybridized carbons (Fsp3) is 0.222. The van der Waals surface area contributed by atoms with Crippen molar-refractivity contribution >= 4 is 29.4 Å². The molecule has 1 aliphatic rings. The minimum Gasteiger partial charge on any atom is -0.465 e. The first-order valence-electron chi connectivity index (χ1n) is 8.55. The zero-order valence-electron chi connectivity index (χ0n) is 15.5. The molecular formula is C18H15ClN6O4. The Balaban J connectivity index is 1.69. The number of amides is 2. The van der Waals surface area contributed by atoms with Crippen molar-refractivity contribution in [3.63, 3.8) is 0 Å². The number of fused-ring (bicyclic) bond motifs is 1. The lowest BCUT2D eigenvalue weighted by Crippen LogP contribution is -2.25. The molecule has 3 aromatic rings. The summed E-state index contributed by atoms with van der Waals surface area (Å²) in [7, 11) is 1.42. The lowest BCUT2D eigenvalue weighted by molar-refractivity contribution is 0.0996. The maximum absolute atomic E-state index is 13.0. The molecule has 1 aliphatic heterocycles. The van der Waals surface area contributed by atoms with Crippen LogP contribution in [-0.4, -0.2) is 49.2 Å². The molecule has 0 aromatic carbocycles. The van der Waals surface area contributed by atoms with Crippen LogP contribution in [0.15, 0.2) is 28.7 Å². The summed E-state index contributed by atoms with van der Waals surface area (Å²) in [6.07, 6.45) is -1.11. The third-order valence-corrected chi connectivity index (χ3v) is 4.63. The summed E-state index contributed by atoms with van der Waals surface area (Å²) in [6, 6.07) is 6.61. The number of anilines is 1. The molecule has 148 valence electrons. The number of hydrogen-bond acceptors (Lipinski definition) is 7. The summed E-state index contributed by atoms with van der Waals surface area (Å²) in [5.41, 5.74) is 1.86. The van der Waals surface area contributed by atoms with Gasteiger partial charge in [0.25, 0.3) is 11.8 Å². The van der Waals surface area contributed by atoms with Gasteiger partial charge in [0.2, 0.25) is 5.89 Å². The van der Waals surface area contributed by atoms with E-state index in [1.165, 1.54) is 18.0 Å². The Morgan fingerprint density at radius 3 is 2.83 bits per heavy atom. The number of aromatic nitrogens is 4. The number of carboxylic acid groups (broad SMARTS) is 1. The van der Waals surface area contributed by atoms with Crippen LogP contribution in [0, 0.1) is 6.92 Å². The van der Waals surface area contributed by atoms with Crippen LogP contribution in [0.25, 0.3) is 11.6 Å². The molecule has 4 heterocycles. The van der Waals surface area contributed by atoms with E-state index in [0.29, 0.717) is 34.2 Å². The van der Waals surface area contributed by atoms with Crippen molar-refractivity contribution in [1.82, 2.24) is 25.1 Å². The van der Waals surface area contributed by atoms with Crippen LogP contribution in [0.3, 0.4) is 0 Å². The van der Waals surface area contributed by atoms with Gasteiger partial charge in [-0.2, -0.15) is 0 Å². The largest absolute Gasteiger partial charge is 0.465 e. The number of halogens is 1. The molecule has 3 aromatic heterocycles. The maximum Gasteiger partial charge on any atom is 0.407 e. The third kappa shape index (κ3) is 3.49. The fourth-order valence-corrected chi connectivity index (χ4v) is 3.24. The standard InChI is InChI=1S/C18H15ClN6O4/c1-9-22-23-16(29-9)12-4-3-5-15(21-12)25-7-11-10(17(25)26)6-14(19)20-13(11)8-24(2)18(27)28/h3-6H,7-8H2,1-2H3,(H,27,28). The molecule has 0 aliphatic carbocycles. The van der Waals surface area contributed by atoms with Gasteiger partial charge in [-0.1, -0.05) is 17.7 Å². The van der Waals surface area contributed by atoms with Crippen molar-refractivity contribution in [2.75, 3.05) is 11.9 Å². The topological polar surface area (TPSA) is 126 Å². The van der Waals surface area contributed by atoms with Crippen LogP contribution in [-0.2, 0) is 13.1 Å². The molecule has 2 amide bonds.